The molecule has 1 fully saturated rings. The summed E-state index contributed by atoms with van der Waals surface area (Å²) in [6.45, 7) is 2.90. The van der Waals surface area contributed by atoms with Crippen LogP contribution in [-0.2, 0) is 11.2 Å². The van der Waals surface area contributed by atoms with Gasteiger partial charge >= 0.3 is 0 Å². The molecule has 2 aromatic rings. The van der Waals surface area contributed by atoms with Gasteiger partial charge in [0.05, 0.1) is 0 Å². The number of ether oxygens (including phenoxy) is 1. The minimum atomic E-state index is 0.671. The van der Waals surface area contributed by atoms with Crippen LogP contribution < -0.4 is 0 Å². The number of rotatable bonds is 4. The Labute approximate surface area is 120 Å². The molecule has 20 heavy (non-hydrogen) atoms. The number of likely N-dealkylation sites (N-methyl/N-ethyl adjacent to an activating group) is 1. The highest BCUT2D eigenvalue weighted by molar-refractivity contribution is 5.84. The number of nitrogens with zero attached hydrogens (tertiary/aromatic N) is 1. The number of hydrogen-bond donors (Lipinski definition) is 1. The summed E-state index contributed by atoms with van der Waals surface area (Å²) in [5.41, 5.74) is 4.17. The van der Waals surface area contributed by atoms with Gasteiger partial charge in [-0.1, -0.05) is 6.07 Å². The van der Waals surface area contributed by atoms with Crippen LogP contribution in [0.1, 0.15) is 29.9 Å². The summed E-state index contributed by atoms with van der Waals surface area (Å²) < 4.78 is 5.47. The number of aromatic amines is 1. The van der Waals surface area contributed by atoms with E-state index in [1.807, 2.05) is 0 Å². The van der Waals surface area contributed by atoms with Crippen molar-refractivity contribution in [2.24, 2.45) is 0 Å². The van der Waals surface area contributed by atoms with Gasteiger partial charge in [0, 0.05) is 36.9 Å². The molecule has 1 aliphatic rings. The number of fused-ring (bicyclic) bond motifs is 1. The molecular weight excluding hydrogens is 248 g/mol. The maximum absolute atomic E-state index is 5.47. The van der Waals surface area contributed by atoms with Crippen LogP contribution in [0.5, 0.6) is 0 Å². The van der Waals surface area contributed by atoms with Gasteiger partial charge in [-0.3, -0.25) is 0 Å². The molecule has 0 unspecified atom stereocenters. The Balaban J connectivity index is 1.86. The first kappa shape index (κ1) is 13.7. The monoisotopic (exact) mass is 272 g/mol. The van der Waals surface area contributed by atoms with E-state index in [2.05, 4.69) is 48.4 Å². The third kappa shape index (κ3) is 2.89. The number of H-pyrrole nitrogens is 1. The van der Waals surface area contributed by atoms with Crippen molar-refractivity contribution in [2.75, 3.05) is 33.9 Å². The van der Waals surface area contributed by atoms with Gasteiger partial charge in [-0.15, -0.1) is 0 Å². The summed E-state index contributed by atoms with van der Waals surface area (Å²) in [5.74, 6) is 0.671. The summed E-state index contributed by atoms with van der Waals surface area (Å²) in [5, 5.41) is 1.40. The number of nitrogens with one attached hydrogen (secondary N) is 1. The molecule has 0 bridgehead atoms. The molecule has 0 radical (unpaired) electrons. The standard InChI is InChI=1S/C17H24N2O/c1-19(2)8-5-15-12-18-17-4-3-14(11-16(15)17)13-6-9-20-10-7-13/h3-4,11-13,18H,5-10H2,1-2H3. The zero-order chi connectivity index (χ0) is 13.9. The molecule has 3 nitrogen and oxygen atoms in total. The molecule has 108 valence electrons. The summed E-state index contributed by atoms with van der Waals surface area (Å²) in [6.07, 6.45) is 5.58. The Hall–Kier alpha value is -1.32. The number of benzene rings is 1. The van der Waals surface area contributed by atoms with Crippen molar-refractivity contribution in [1.29, 1.82) is 0 Å². The molecule has 1 aliphatic heterocycles. The number of aromatic nitrogens is 1. The van der Waals surface area contributed by atoms with Crippen LogP contribution in [0.4, 0.5) is 0 Å². The zero-order valence-electron chi connectivity index (χ0n) is 12.5. The van der Waals surface area contributed by atoms with Crippen molar-refractivity contribution in [3.05, 3.63) is 35.5 Å². The molecular formula is C17H24N2O. The average Bonchev–Trinajstić information content (AvgIpc) is 2.88. The second-order valence-electron chi connectivity index (χ2n) is 6.06. The first-order chi connectivity index (χ1) is 9.74. The average molecular weight is 272 g/mol. The number of hydrogen-bond acceptors (Lipinski definition) is 2. The summed E-state index contributed by atoms with van der Waals surface area (Å²) in [6, 6.07) is 6.91. The minimum Gasteiger partial charge on any atom is -0.381 e. The van der Waals surface area contributed by atoms with Crippen LogP contribution in [0.2, 0.25) is 0 Å². The lowest BCUT2D eigenvalue weighted by atomic mass is 9.90. The van der Waals surface area contributed by atoms with Crippen molar-refractivity contribution in [2.45, 2.75) is 25.2 Å². The molecule has 2 heterocycles. The highest BCUT2D eigenvalue weighted by Gasteiger charge is 2.16. The van der Waals surface area contributed by atoms with E-state index in [9.17, 15) is 0 Å². The topological polar surface area (TPSA) is 28.3 Å². The molecule has 1 N–H and O–H groups in total. The van der Waals surface area contributed by atoms with Crippen LogP contribution >= 0.6 is 0 Å². The van der Waals surface area contributed by atoms with Crippen molar-refractivity contribution < 1.29 is 4.74 Å². The molecule has 0 aliphatic carbocycles. The second-order valence-corrected chi connectivity index (χ2v) is 6.06. The van der Waals surface area contributed by atoms with E-state index < -0.39 is 0 Å². The van der Waals surface area contributed by atoms with Crippen molar-refractivity contribution in [1.82, 2.24) is 9.88 Å². The van der Waals surface area contributed by atoms with Crippen LogP contribution in [0.25, 0.3) is 10.9 Å². The van der Waals surface area contributed by atoms with E-state index in [1.54, 1.807) is 0 Å². The lowest BCUT2D eigenvalue weighted by molar-refractivity contribution is 0.0853. The minimum absolute atomic E-state index is 0.671. The molecule has 0 atom stereocenters. The van der Waals surface area contributed by atoms with Gasteiger partial charge in [0.15, 0.2) is 0 Å². The highest BCUT2D eigenvalue weighted by atomic mass is 16.5. The van der Waals surface area contributed by atoms with Gasteiger partial charge in [-0.25, -0.2) is 0 Å². The fourth-order valence-electron chi connectivity index (χ4n) is 3.03. The normalized spacial score (nSPS) is 17.1. The van der Waals surface area contributed by atoms with Gasteiger partial charge in [-0.05, 0) is 62.5 Å². The van der Waals surface area contributed by atoms with Gasteiger partial charge in [0.1, 0.15) is 0 Å². The van der Waals surface area contributed by atoms with Crippen molar-refractivity contribution in [3.8, 4) is 0 Å². The van der Waals surface area contributed by atoms with E-state index >= 15 is 0 Å². The first-order valence-electron chi connectivity index (χ1n) is 7.56. The Morgan fingerprint density at radius 3 is 2.80 bits per heavy atom. The lowest BCUT2D eigenvalue weighted by Gasteiger charge is -2.22. The largest absolute Gasteiger partial charge is 0.381 e. The summed E-state index contributed by atoms with van der Waals surface area (Å²) >= 11 is 0. The van der Waals surface area contributed by atoms with Gasteiger partial charge in [0.2, 0.25) is 0 Å². The molecule has 3 rings (SSSR count). The third-order valence-electron chi connectivity index (χ3n) is 4.31. The maximum Gasteiger partial charge on any atom is 0.0471 e. The smallest absolute Gasteiger partial charge is 0.0471 e. The maximum atomic E-state index is 5.47. The van der Waals surface area contributed by atoms with Gasteiger partial charge in [-0.2, -0.15) is 0 Å². The second kappa shape index (κ2) is 5.98. The third-order valence-corrected chi connectivity index (χ3v) is 4.31. The molecule has 0 amide bonds. The Bertz CT molecular complexity index is 567. The fraction of sp³-hybridized carbons (Fsp3) is 0.529. The molecule has 1 saturated heterocycles. The predicted octanol–water partition coefficient (Wildman–Crippen LogP) is 3.17. The molecule has 0 spiro atoms. The Morgan fingerprint density at radius 2 is 2.05 bits per heavy atom. The molecule has 3 heteroatoms. The molecule has 1 aromatic carbocycles. The van der Waals surface area contributed by atoms with E-state index in [0.717, 1.165) is 39.0 Å². The van der Waals surface area contributed by atoms with Gasteiger partial charge in [0.25, 0.3) is 0 Å². The van der Waals surface area contributed by atoms with E-state index in [0.29, 0.717) is 5.92 Å². The fourth-order valence-corrected chi connectivity index (χ4v) is 3.03. The van der Waals surface area contributed by atoms with Crippen LogP contribution in [0.15, 0.2) is 24.4 Å². The van der Waals surface area contributed by atoms with Crippen LogP contribution in [0.3, 0.4) is 0 Å². The van der Waals surface area contributed by atoms with Crippen molar-refractivity contribution in [3.63, 3.8) is 0 Å². The van der Waals surface area contributed by atoms with Crippen molar-refractivity contribution >= 4 is 10.9 Å². The summed E-state index contributed by atoms with van der Waals surface area (Å²) in [7, 11) is 4.25. The van der Waals surface area contributed by atoms with Gasteiger partial charge < -0.3 is 14.6 Å². The zero-order valence-corrected chi connectivity index (χ0v) is 12.5. The van der Waals surface area contributed by atoms with E-state index in [4.69, 9.17) is 4.74 Å². The lowest BCUT2D eigenvalue weighted by Crippen LogP contribution is -2.15. The molecule has 0 saturated carbocycles. The predicted molar refractivity (Wildman–Crippen MR) is 83.4 cm³/mol. The quantitative estimate of drug-likeness (QED) is 0.926. The van der Waals surface area contributed by atoms with Crippen LogP contribution in [0, 0.1) is 0 Å². The van der Waals surface area contributed by atoms with E-state index in [-0.39, 0.29) is 0 Å². The summed E-state index contributed by atoms with van der Waals surface area (Å²) in [4.78, 5) is 5.64. The SMILES string of the molecule is CN(C)CCc1c[nH]c2ccc(C3CCOCC3)cc12. The van der Waals surface area contributed by atoms with E-state index in [1.165, 1.54) is 22.0 Å². The Kier molecular flexibility index (Phi) is 4.08. The molecule has 1 aromatic heterocycles. The Morgan fingerprint density at radius 1 is 1.25 bits per heavy atom. The first-order valence-corrected chi connectivity index (χ1v) is 7.56. The van der Waals surface area contributed by atoms with Crippen LogP contribution in [-0.4, -0.2) is 43.7 Å². The highest BCUT2D eigenvalue weighted by Crippen LogP contribution is 2.30.